The third kappa shape index (κ3) is 3.29. The number of rotatable bonds is 5. The van der Waals surface area contributed by atoms with Gasteiger partial charge >= 0.3 is 5.97 Å². The van der Waals surface area contributed by atoms with Crippen molar-refractivity contribution in [2.45, 2.75) is 39.0 Å². The van der Waals surface area contributed by atoms with Crippen LogP contribution in [-0.2, 0) is 14.3 Å². The van der Waals surface area contributed by atoms with Gasteiger partial charge in [-0.25, -0.2) is 4.98 Å². The highest BCUT2D eigenvalue weighted by Crippen LogP contribution is 2.32. The Bertz CT molecular complexity index is 748. The van der Waals surface area contributed by atoms with Crippen molar-refractivity contribution < 1.29 is 14.3 Å². The minimum absolute atomic E-state index is 0.128. The lowest BCUT2D eigenvalue weighted by Gasteiger charge is -2.16. The minimum Gasteiger partial charge on any atom is -0.463 e. The maximum absolute atomic E-state index is 11.6. The van der Waals surface area contributed by atoms with Crippen molar-refractivity contribution in [3.63, 3.8) is 0 Å². The molecule has 9 heteroatoms. The van der Waals surface area contributed by atoms with E-state index in [2.05, 4.69) is 20.3 Å². The summed E-state index contributed by atoms with van der Waals surface area (Å²) in [4.78, 5) is 24.4. The lowest BCUT2D eigenvalue weighted by atomic mass is 10.2. The molecule has 0 saturated carbocycles. The van der Waals surface area contributed by atoms with Crippen LogP contribution in [0.3, 0.4) is 0 Å². The molecule has 1 aliphatic heterocycles. The first-order valence-electron chi connectivity index (χ1n) is 7.89. The number of nitrogens with zero attached hydrogens (tertiary/aromatic N) is 4. The van der Waals surface area contributed by atoms with Crippen LogP contribution in [0.25, 0.3) is 11.2 Å². The lowest BCUT2D eigenvalue weighted by molar-refractivity contribution is -0.152. The highest BCUT2D eigenvalue weighted by molar-refractivity contribution is 6.33. The zero-order chi connectivity index (χ0) is 17.3. The molecule has 0 aromatic carbocycles. The van der Waals surface area contributed by atoms with E-state index in [1.54, 1.807) is 27.2 Å². The van der Waals surface area contributed by atoms with Crippen LogP contribution in [0.2, 0.25) is 5.15 Å². The molecule has 1 fully saturated rings. The summed E-state index contributed by atoms with van der Waals surface area (Å²) in [5, 5.41) is 3.17. The molecule has 2 unspecified atom stereocenters. The van der Waals surface area contributed by atoms with Crippen LogP contribution < -0.4 is 5.32 Å². The molecule has 2 aromatic rings. The van der Waals surface area contributed by atoms with Gasteiger partial charge < -0.3 is 14.8 Å². The van der Waals surface area contributed by atoms with E-state index in [4.69, 9.17) is 21.1 Å². The van der Waals surface area contributed by atoms with E-state index < -0.39 is 0 Å². The van der Waals surface area contributed by atoms with Gasteiger partial charge in [0.15, 0.2) is 10.8 Å². The monoisotopic (exact) mass is 353 g/mol. The van der Waals surface area contributed by atoms with E-state index in [0.717, 1.165) is 12.8 Å². The maximum Gasteiger partial charge on any atom is 0.308 e. The van der Waals surface area contributed by atoms with Crippen molar-refractivity contribution >= 4 is 34.7 Å². The van der Waals surface area contributed by atoms with Crippen molar-refractivity contribution in [3.05, 3.63) is 11.5 Å². The van der Waals surface area contributed by atoms with E-state index in [-0.39, 0.29) is 30.8 Å². The maximum atomic E-state index is 11.6. The largest absolute Gasteiger partial charge is 0.463 e. The minimum atomic E-state index is -0.215. The average Bonchev–Trinajstić information content (AvgIpc) is 3.18. The highest BCUT2D eigenvalue weighted by Gasteiger charge is 2.29. The molecule has 130 valence electrons. The van der Waals surface area contributed by atoms with Crippen LogP contribution in [0.15, 0.2) is 6.33 Å². The second kappa shape index (κ2) is 6.90. The first kappa shape index (κ1) is 16.9. The number of esters is 1. The van der Waals surface area contributed by atoms with Gasteiger partial charge in [0.1, 0.15) is 18.4 Å². The number of aromatic nitrogens is 4. The summed E-state index contributed by atoms with van der Waals surface area (Å²) in [5.41, 5.74) is 1.15. The zero-order valence-corrected chi connectivity index (χ0v) is 14.6. The first-order chi connectivity index (χ1) is 11.5. The predicted octanol–water partition coefficient (Wildman–Crippen LogP) is 2.40. The molecule has 2 aromatic heterocycles. The summed E-state index contributed by atoms with van der Waals surface area (Å²) in [5.74, 6) is 0.0709. The Morgan fingerprint density at radius 1 is 1.50 bits per heavy atom. The number of ether oxygens (including phenoxy) is 2. The third-order valence-corrected chi connectivity index (χ3v) is 4.14. The van der Waals surface area contributed by atoms with Crippen molar-refractivity contribution in [1.29, 1.82) is 0 Å². The molecule has 1 N–H and O–H groups in total. The van der Waals surface area contributed by atoms with Crippen LogP contribution in [0.1, 0.15) is 32.9 Å². The summed E-state index contributed by atoms with van der Waals surface area (Å²) in [6, 6.07) is 0. The molecular weight excluding hydrogens is 334 g/mol. The van der Waals surface area contributed by atoms with Gasteiger partial charge in [0, 0.05) is 7.05 Å². The summed E-state index contributed by atoms with van der Waals surface area (Å²) in [7, 11) is 1.73. The van der Waals surface area contributed by atoms with Crippen molar-refractivity contribution in [3.8, 4) is 0 Å². The van der Waals surface area contributed by atoms with E-state index in [1.807, 2.05) is 4.57 Å². The smallest absolute Gasteiger partial charge is 0.308 e. The summed E-state index contributed by atoms with van der Waals surface area (Å²) >= 11 is 6.14. The van der Waals surface area contributed by atoms with E-state index in [0.29, 0.717) is 22.3 Å². The molecule has 0 spiro atoms. The molecule has 8 nitrogen and oxygen atoms in total. The first-order valence-corrected chi connectivity index (χ1v) is 8.27. The Labute approximate surface area is 144 Å². The van der Waals surface area contributed by atoms with E-state index in [9.17, 15) is 4.79 Å². The fraction of sp³-hybridized carbons (Fsp3) is 0.600. The molecule has 0 bridgehead atoms. The number of hydrogen-bond acceptors (Lipinski definition) is 7. The number of imidazole rings is 1. The molecule has 1 saturated heterocycles. The second-order valence-electron chi connectivity index (χ2n) is 5.99. The summed E-state index contributed by atoms with van der Waals surface area (Å²) < 4.78 is 13.1. The van der Waals surface area contributed by atoms with Crippen LogP contribution in [0.4, 0.5) is 5.95 Å². The zero-order valence-electron chi connectivity index (χ0n) is 13.8. The topological polar surface area (TPSA) is 91.2 Å². The lowest BCUT2D eigenvalue weighted by Crippen LogP contribution is -2.21. The molecule has 0 aliphatic carbocycles. The fourth-order valence-electron chi connectivity index (χ4n) is 2.56. The van der Waals surface area contributed by atoms with Crippen LogP contribution >= 0.6 is 11.6 Å². The number of carbonyl (C=O) groups is 1. The Kier molecular flexibility index (Phi) is 4.86. The van der Waals surface area contributed by atoms with E-state index in [1.165, 1.54) is 0 Å². The summed E-state index contributed by atoms with van der Waals surface area (Å²) in [6.45, 7) is 3.87. The SMILES string of the molecule is CNc1nc(Cl)c2ncn(C3CCC(COC(=O)C(C)C)O3)c2n1. The van der Waals surface area contributed by atoms with Gasteiger partial charge in [-0.1, -0.05) is 25.4 Å². The Morgan fingerprint density at radius 2 is 2.29 bits per heavy atom. The fourth-order valence-corrected chi connectivity index (χ4v) is 2.77. The molecule has 0 radical (unpaired) electrons. The third-order valence-electron chi connectivity index (χ3n) is 3.88. The number of halogens is 1. The Balaban J connectivity index is 1.73. The van der Waals surface area contributed by atoms with Crippen LogP contribution in [0.5, 0.6) is 0 Å². The predicted molar refractivity (Wildman–Crippen MR) is 88.8 cm³/mol. The molecule has 2 atom stereocenters. The number of hydrogen-bond donors (Lipinski definition) is 1. The molecule has 3 heterocycles. The van der Waals surface area contributed by atoms with Gasteiger partial charge in [0.25, 0.3) is 0 Å². The normalized spacial score (nSPS) is 20.7. The van der Waals surface area contributed by atoms with Gasteiger partial charge in [-0.2, -0.15) is 9.97 Å². The Morgan fingerprint density at radius 3 is 3.00 bits per heavy atom. The quantitative estimate of drug-likeness (QED) is 0.651. The van der Waals surface area contributed by atoms with Gasteiger partial charge in [-0.15, -0.1) is 0 Å². The molecule has 3 rings (SSSR count). The molecular formula is C15H20ClN5O3. The highest BCUT2D eigenvalue weighted by atomic mass is 35.5. The van der Waals surface area contributed by atoms with Crippen LogP contribution in [-0.4, -0.2) is 45.2 Å². The van der Waals surface area contributed by atoms with Gasteiger partial charge in [-0.3, -0.25) is 9.36 Å². The summed E-state index contributed by atoms with van der Waals surface area (Å²) in [6.07, 6.45) is 2.89. The number of nitrogens with one attached hydrogen (secondary N) is 1. The van der Waals surface area contributed by atoms with E-state index >= 15 is 0 Å². The van der Waals surface area contributed by atoms with Gasteiger partial charge in [-0.05, 0) is 12.8 Å². The van der Waals surface area contributed by atoms with Gasteiger partial charge in [0.2, 0.25) is 5.95 Å². The van der Waals surface area contributed by atoms with Gasteiger partial charge in [0.05, 0.1) is 18.3 Å². The van der Waals surface area contributed by atoms with Crippen LogP contribution in [0, 0.1) is 5.92 Å². The number of carbonyl (C=O) groups excluding carboxylic acids is 1. The standard InChI is InChI=1S/C15H20ClN5O3/c1-8(2)14(22)23-6-9-4-5-10(24-9)21-7-18-11-12(16)19-15(17-3)20-13(11)21/h7-10H,4-6H2,1-3H3,(H,17,19,20). The number of anilines is 1. The van der Waals surface area contributed by atoms with Crippen molar-refractivity contribution in [2.75, 3.05) is 19.0 Å². The van der Waals surface area contributed by atoms with Crippen molar-refractivity contribution in [1.82, 2.24) is 19.5 Å². The Hall–Kier alpha value is -1.93. The average molecular weight is 354 g/mol. The molecule has 24 heavy (non-hydrogen) atoms. The second-order valence-corrected chi connectivity index (χ2v) is 6.34. The molecule has 1 aliphatic rings. The number of fused-ring (bicyclic) bond motifs is 1. The molecule has 0 amide bonds. The van der Waals surface area contributed by atoms with Crippen molar-refractivity contribution in [2.24, 2.45) is 5.92 Å².